The van der Waals surface area contributed by atoms with E-state index in [1.165, 1.54) is 25.7 Å². The molecule has 4 rings (SSSR count). The fraction of sp³-hybridized carbons (Fsp3) is 0.292. The molecule has 1 saturated heterocycles. The van der Waals surface area contributed by atoms with E-state index in [0.29, 0.717) is 5.69 Å². The molecule has 2 aromatic carbocycles. The summed E-state index contributed by atoms with van der Waals surface area (Å²) in [6, 6.07) is 19.1. The number of hydrogen-bond acceptors (Lipinski definition) is 4. The monoisotopic (exact) mass is 401 g/mol. The molecule has 6 nitrogen and oxygen atoms in total. The first-order chi connectivity index (χ1) is 14.7. The number of hydrogen-bond donors (Lipinski definition) is 2. The number of aromatic nitrogens is 2. The van der Waals surface area contributed by atoms with Crippen LogP contribution in [-0.4, -0.2) is 29.3 Å². The first-order valence-corrected chi connectivity index (χ1v) is 10.5. The molecule has 2 N–H and O–H groups in total. The van der Waals surface area contributed by atoms with Crippen LogP contribution in [-0.2, 0) is 0 Å². The van der Waals surface area contributed by atoms with Crippen molar-refractivity contribution in [2.24, 2.45) is 0 Å². The van der Waals surface area contributed by atoms with Crippen LogP contribution in [0.1, 0.15) is 31.2 Å². The fourth-order valence-corrected chi connectivity index (χ4v) is 3.70. The third-order valence-corrected chi connectivity index (χ3v) is 5.39. The molecule has 1 aliphatic heterocycles. The number of rotatable bonds is 4. The van der Waals surface area contributed by atoms with Crippen molar-refractivity contribution in [3.8, 4) is 11.3 Å². The number of anilines is 3. The number of aryl methyl sites for hydroxylation is 1. The van der Waals surface area contributed by atoms with Gasteiger partial charge in [0.1, 0.15) is 0 Å². The number of amides is 2. The molecule has 154 valence electrons. The Balaban J connectivity index is 1.44. The number of carbonyl (C=O) groups is 1. The molecule has 0 spiro atoms. The highest BCUT2D eigenvalue weighted by atomic mass is 16.2. The second-order valence-corrected chi connectivity index (χ2v) is 7.65. The van der Waals surface area contributed by atoms with Gasteiger partial charge in [0, 0.05) is 30.0 Å². The summed E-state index contributed by atoms with van der Waals surface area (Å²) < 4.78 is 0. The average molecular weight is 402 g/mol. The van der Waals surface area contributed by atoms with Crippen LogP contribution in [0.15, 0.2) is 60.7 Å². The van der Waals surface area contributed by atoms with Crippen LogP contribution in [0, 0.1) is 6.92 Å². The number of nitrogens with zero attached hydrogens (tertiary/aromatic N) is 3. The summed E-state index contributed by atoms with van der Waals surface area (Å²) in [5.41, 5.74) is 4.22. The van der Waals surface area contributed by atoms with Crippen LogP contribution in [0.2, 0.25) is 0 Å². The van der Waals surface area contributed by atoms with Gasteiger partial charge in [0.25, 0.3) is 0 Å². The molecule has 2 heterocycles. The molecule has 0 bridgehead atoms. The SMILES string of the molecule is Cc1ccccc1NC(=O)Nc1cccc(-c2ccc(N3CCCCCC3)nn2)c1. The molecule has 0 atom stereocenters. The molecule has 1 aliphatic rings. The summed E-state index contributed by atoms with van der Waals surface area (Å²) in [6.07, 6.45) is 5.00. The largest absolute Gasteiger partial charge is 0.355 e. The highest BCUT2D eigenvalue weighted by Crippen LogP contribution is 2.23. The zero-order valence-electron chi connectivity index (χ0n) is 17.3. The Morgan fingerprint density at radius 3 is 2.40 bits per heavy atom. The number of nitrogens with one attached hydrogen (secondary N) is 2. The second-order valence-electron chi connectivity index (χ2n) is 7.65. The molecule has 1 aromatic heterocycles. The van der Waals surface area contributed by atoms with E-state index in [9.17, 15) is 4.79 Å². The van der Waals surface area contributed by atoms with E-state index in [4.69, 9.17) is 0 Å². The van der Waals surface area contributed by atoms with Crippen LogP contribution >= 0.6 is 0 Å². The summed E-state index contributed by atoms with van der Waals surface area (Å²) in [7, 11) is 0. The van der Waals surface area contributed by atoms with E-state index in [-0.39, 0.29) is 6.03 Å². The van der Waals surface area contributed by atoms with Gasteiger partial charge in [-0.1, -0.05) is 43.2 Å². The molecule has 3 aromatic rings. The lowest BCUT2D eigenvalue weighted by atomic mass is 10.1. The minimum atomic E-state index is -0.274. The highest BCUT2D eigenvalue weighted by Gasteiger charge is 2.12. The van der Waals surface area contributed by atoms with Crippen molar-refractivity contribution in [3.05, 3.63) is 66.2 Å². The van der Waals surface area contributed by atoms with Crippen molar-refractivity contribution in [1.82, 2.24) is 10.2 Å². The third-order valence-electron chi connectivity index (χ3n) is 5.39. The first kappa shape index (κ1) is 19.9. The first-order valence-electron chi connectivity index (χ1n) is 10.5. The minimum absolute atomic E-state index is 0.274. The van der Waals surface area contributed by atoms with E-state index in [0.717, 1.165) is 41.4 Å². The Labute approximate surface area is 177 Å². The van der Waals surface area contributed by atoms with E-state index < -0.39 is 0 Å². The van der Waals surface area contributed by atoms with Gasteiger partial charge in [-0.3, -0.25) is 0 Å². The molecular weight excluding hydrogens is 374 g/mol. The lowest BCUT2D eigenvalue weighted by Crippen LogP contribution is -2.25. The smallest absolute Gasteiger partial charge is 0.323 e. The minimum Gasteiger partial charge on any atom is -0.355 e. The molecule has 0 aliphatic carbocycles. The molecule has 0 radical (unpaired) electrons. The van der Waals surface area contributed by atoms with Crippen LogP contribution in [0.25, 0.3) is 11.3 Å². The highest BCUT2D eigenvalue weighted by molar-refractivity contribution is 6.00. The summed E-state index contributed by atoms with van der Waals surface area (Å²) in [5, 5.41) is 14.7. The molecule has 1 fully saturated rings. The maximum absolute atomic E-state index is 12.4. The van der Waals surface area contributed by atoms with Crippen LogP contribution in [0.3, 0.4) is 0 Å². The number of benzene rings is 2. The summed E-state index contributed by atoms with van der Waals surface area (Å²) in [4.78, 5) is 14.7. The van der Waals surface area contributed by atoms with Gasteiger partial charge in [0.05, 0.1) is 5.69 Å². The third kappa shape index (κ3) is 4.95. The van der Waals surface area contributed by atoms with E-state index in [1.807, 2.05) is 67.6 Å². The van der Waals surface area contributed by atoms with Gasteiger partial charge >= 0.3 is 6.03 Å². The lowest BCUT2D eigenvalue weighted by Gasteiger charge is -2.20. The van der Waals surface area contributed by atoms with Gasteiger partial charge < -0.3 is 15.5 Å². The molecule has 30 heavy (non-hydrogen) atoms. The summed E-state index contributed by atoms with van der Waals surface area (Å²) in [6.45, 7) is 4.05. The lowest BCUT2D eigenvalue weighted by molar-refractivity contribution is 0.262. The molecule has 0 unspecified atom stereocenters. The van der Waals surface area contributed by atoms with Crippen molar-refractivity contribution in [2.45, 2.75) is 32.6 Å². The Bertz CT molecular complexity index is 994. The van der Waals surface area contributed by atoms with Crippen LogP contribution in [0.5, 0.6) is 0 Å². The zero-order valence-corrected chi connectivity index (χ0v) is 17.3. The predicted molar refractivity (Wildman–Crippen MR) is 122 cm³/mol. The molecule has 2 amide bonds. The van der Waals surface area contributed by atoms with Crippen molar-refractivity contribution >= 4 is 23.2 Å². The molecule has 6 heteroatoms. The van der Waals surface area contributed by atoms with Crippen molar-refractivity contribution in [1.29, 1.82) is 0 Å². The van der Waals surface area contributed by atoms with Gasteiger partial charge in [0.15, 0.2) is 5.82 Å². The van der Waals surface area contributed by atoms with Gasteiger partial charge in [-0.15, -0.1) is 10.2 Å². The number of urea groups is 1. The average Bonchev–Trinajstić information content (AvgIpc) is 3.05. The Kier molecular flexibility index (Phi) is 6.23. The van der Waals surface area contributed by atoms with Crippen molar-refractivity contribution in [2.75, 3.05) is 28.6 Å². The maximum atomic E-state index is 12.4. The Morgan fingerprint density at radius 2 is 1.67 bits per heavy atom. The molecular formula is C24H27N5O. The van der Waals surface area contributed by atoms with Gasteiger partial charge in [-0.25, -0.2) is 4.79 Å². The fourth-order valence-electron chi connectivity index (χ4n) is 3.70. The van der Waals surface area contributed by atoms with E-state index in [2.05, 4.69) is 25.7 Å². The van der Waals surface area contributed by atoms with Crippen molar-refractivity contribution < 1.29 is 4.79 Å². The standard InChI is InChI=1S/C24H27N5O/c1-18-9-4-5-12-21(18)26-24(30)25-20-11-8-10-19(17-20)22-13-14-23(28-27-22)29-15-6-2-3-7-16-29/h4-5,8-14,17H,2-3,6-7,15-16H2,1H3,(H2,25,26,30). The zero-order chi connectivity index (χ0) is 20.8. The van der Waals surface area contributed by atoms with E-state index in [1.54, 1.807) is 0 Å². The van der Waals surface area contributed by atoms with Crippen molar-refractivity contribution in [3.63, 3.8) is 0 Å². The Morgan fingerprint density at radius 1 is 0.867 bits per heavy atom. The summed E-state index contributed by atoms with van der Waals surface area (Å²) >= 11 is 0. The van der Waals surface area contributed by atoms with Gasteiger partial charge in [-0.2, -0.15) is 0 Å². The number of carbonyl (C=O) groups excluding carboxylic acids is 1. The normalized spacial score (nSPS) is 14.1. The maximum Gasteiger partial charge on any atom is 0.323 e. The second kappa shape index (κ2) is 9.39. The number of para-hydroxylation sites is 1. The van der Waals surface area contributed by atoms with Gasteiger partial charge in [-0.05, 0) is 55.7 Å². The van der Waals surface area contributed by atoms with E-state index >= 15 is 0 Å². The molecule has 0 saturated carbocycles. The predicted octanol–water partition coefficient (Wildman–Crippen LogP) is 5.48. The quantitative estimate of drug-likeness (QED) is 0.608. The van der Waals surface area contributed by atoms with Crippen LogP contribution < -0.4 is 15.5 Å². The summed E-state index contributed by atoms with van der Waals surface area (Å²) in [5.74, 6) is 0.938. The van der Waals surface area contributed by atoms with Crippen LogP contribution in [0.4, 0.5) is 22.0 Å². The Hall–Kier alpha value is -3.41. The topological polar surface area (TPSA) is 70.2 Å². The van der Waals surface area contributed by atoms with Gasteiger partial charge in [0.2, 0.25) is 0 Å².